The molecular formula is C16H25NO. The lowest BCUT2D eigenvalue weighted by molar-refractivity contribution is 0.217. The van der Waals surface area contributed by atoms with Crippen LogP contribution in [0.3, 0.4) is 0 Å². The van der Waals surface area contributed by atoms with Crippen LogP contribution in [-0.4, -0.2) is 23.8 Å². The highest BCUT2D eigenvalue weighted by molar-refractivity contribution is 5.55. The maximum absolute atomic E-state index is 9.14. The molecule has 1 aromatic carbocycles. The van der Waals surface area contributed by atoms with Crippen LogP contribution in [0.25, 0.3) is 0 Å². The van der Waals surface area contributed by atoms with E-state index in [0.717, 1.165) is 13.0 Å². The third kappa shape index (κ3) is 2.69. The summed E-state index contributed by atoms with van der Waals surface area (Å²) in [5.41, 5.74) is 2.92. The summed E-state index contributed by atoms with van der Waals surface area (Å²) in [6.07, 6.45) is 3.36. The van der Waals surface area contributed by atoms with Crippen LogP contribution in [0.2, 0.25) is 0 Å². The Morgan fingerprint density at radius 2 is 2.06 bits per heavy atom. The number of hydrogen-bond acceptors (Lipinski definition) is 2. The Balaban J connectivity index is 2.24. The predicted molar refractivity (Wildman–Crippen MR) is 77.0 cm³/mol. The molecule has 0 aliphatic carbocycles. The third-order valence-corrected chi connectivity index (χ3v) is 4.28. The third-order valence-electron chi connectivity index (χ3n) is 4.28. The summed E-state index contributed by atoms with van der Waals surface area (Å²) >= 11 is 0. The van der Waals surface area contributed by atoms with Gasteiger partial charge in [-0.25, -0.2) is 0 Å². The summed E-state index contributed by atoms with van der Waals surface area (Å²) in [6, 6.07) is 8.62. The highest BCUT2D eigenvalue weighted by Crippen LogP contribution is 2.37. The van der Waals surface area contributed by atoms with Crippen LogP contribution < -0.4 is 4.90 Å². The van der Waals surface area contributed by atoms with Gasteiger partial charge in [0.1, 0.15) is 0 Å². The Morgan fingerprint density at radius 3 is 2.72 bits per heavy atom. The van der Waals surface area contributed by atoms with Gasteiger partial charge in [-0.3, -0.25) is 0 Å². The average Bonchev–Trinajstić information content (AvgIpc) is 2.33. The van der Waals surface area contributed by atoms with Crippen molar-refractivity contribution in [2.45, 2.75) is 45.6 Å². The van der Waals surface area contributed by atoms with Crippen LogP contribution in [0.1, 0.15) is 38.7 Å². The summed E-state index contributed by atoms with van der Waals surface area (Å²) in [5.74, 6) is 0.627. The zero-order chi connectivity index (χ0) is 13.2. The van der Waals surface area contributed by atoms with Crippen molar-refractivity contribution in [3.63, 3.8) is 0 Å². The number of piperidine rings is 1. The van der Waals surface area contributed by atoms with Gasteiger partial charge in [0, 0.05) is 24.4 Å². The van der Waals surface area contributed by atoms with Crippen molar-refractivity contribution in [1.29, 1.82) is 0 Å². The molecule has 0 spiro atoms. The fourth-order valence-corrected chi connectivity index (χ4v) is 3.00. The highest BCUT2D eigenvalue weighted by Gasteiger charge is 2.34. The summed E-state index contributed by atoms with van der Waals surface area (Å²) in [5, 5.41) is 9.14. The Kier molecular flexibility index (Phi) is 3.96. The highest BCUT2D eigenvalue weighted by atomic mass is 16.3. The molecule has 100 valence electrons. The summed E-state index contributed by atoms with van der Waals surface area (Å²) in [6.45, 7) is 8.22. The van der Waals surface area contributed by atoms with E-state index in [4.69, 9.17) is 5.11 Å². The van der Waals surface area contributed by atoms with Gasteiger partial charge in [0.25, 0.3) is 0 Å². The molecule has 1 saturated heterocycles. The first-order valence-electron chi connectivity index (χ1n) is 6.99. The first kappa shape index (κ1) is 13.4. The van der Waals surface area contributed by atoms with E-state index < -0.39 is 0 Å². The second-order valence-corrected chi connectivity index (χ2v) is 6.13. The summed E-state index contributed by atoms with van der Waals surface area (Å²) in [7, 11) is 0. The first-order valence-corrected chi connectivity index (χ1v) is 6.99. The number of aryl methyl sites for hydroxylation is 1. The quantitative estimate of drug-likeness (QED) is 0.885. The molecule has 0 bridgehead atoms. The topological polar surface area (TPSA) is 23.5 Å². The zero-order valence-corrected chi connectivity index (χ0v) is 11.8. The molecule has 1 atom stereocenters. The molecule has 0 saturated carbocycles. The molecule has 2 nitrogen and oxygen atoms in total. The maximum atomic E-state index is 9.14. The molecule has 1 heterocycles. The second kappa shape index (κ2) is 5.31. The Morgan fingerprint density at radius 1 is 1.33 bits per heavy atom. The van der Waals surface area contributed by atoms with Crippen LogP contribution in [0.5, 0.6) is 0 Å². The summed E-state index contributed by atoms with van der Waals surface area (Å²) < 4.78 is 0. The van der Waals surface area contributed by atoms with Gasteiger partial charge in [-0.05, 0) is 57.6 Å². The van der Waals surface area contributed by atoms with Crippen molar-refractivity contribution in [1.82, 2.24) is 0 Å². The molecule has 1 aromatic rings. The van der Waals surface area contributed by atoms with Crippen LogP contribution in [0.15, 0.2) is 24.3 Å². The number of aliphatic hydroxyl groups excluding tert-OH is 1. The lowest BCUT2D eigenvalue weighted by Gasteiger charge is -2.47. The van der Waals surface area contributed by atoms with E-state index in [1.165, 1.54) is 24.1 Å². The lowest BCUT2D eigenvalue weighted by atomic mass is 9.82. The zero-order valence-electron chi connectivity index (χ0n) is 11.8. The van der Waals surface area contributed by atoms with Gasteiger partial charge < -0.3 is 10.0 Å². The predicted octanol–water partition coefficient (Wildman–Crippen LogP) is 3.37. The first-order chi connectivity index (χ1) is 8.54. The van der Waals surface area contributed by atoms with Crippen molar-refractivity contribution < 1.29 is 5.11 Å². The Bertz CT molecular complexity index is 400. The van der Waals surface area contributed by atoms with Gasteiger partial charge in [0.15, 0.2) is 0 Å². The van der Waals surface area contributed by atoms with E-state index in [0.29, 0.717) is 12.5 Å². The number of para-hydroxylation sites is 1. The molecule has 1 N–H and O–H groups in total. The molecule has 0 aromatic heterocycles. The number of aliphatic hydroxyl groups is 1. The van der Waals surface area contributed by atoms with Gasteiger partial charge in [0.05, 0.1) is 0 Å². The normalized spacial score (nSPS) is 23.1. The van der Waals surface area contributed by atoms with E-state index in [-0.39, 0.29) is 5.54 Å². The minimum Gasteiger partial charge on any atom is -0.396 e. The van der Waals surface area contributed by atoms with Gasteiger partial charge in [-0.2, -0.15) is 0 Å². The lowest BCUT2D eigenvalue weighted by Crippen LogP contribution is -2.51. The molecular weight excluding hydrogens is 222 g/mol. The molecule has 0 amide bonds. The molecule has 2 rings (SSSR count). The fourth-order valence-electron chi connectivity index (χ4n) is 3.00. The summed E-state index contributed by atoms with van der Waals surface area (Å²) in [4.78, 5) is 2.53. The largest absolute Gasteiger partial charge is 0.396 e. The number of rotatable bonds is 3. The van der Waals surface area contributed by atoms with E-state index >= 15 is 0 Å². The molecule has 18 heavy (non-hydrogen) atoms. The Labute approximate surface area is 111 Å². The standard InChI is InChI=1S/C16H25NO/c1-13-6-4-5-7-15(13)17-12-14(9-11-18)8-10-16(17,2)3/h4-7,14,18H,8-12H2,1-3H3. The SMILES string of the molecule is Cc1ccccc1N1CC(CCO)CCC1(C)C. The molecule has 1 unspecified atom stereocenters. The Hall–Kier alpha value is -1.02. The maximum Gasteiger partial charge on any atom is 0.0434 e. The smallest absolute Gasteiger partial charge is 0.0434 e. The van der Waals surface area contributed by atoms with Crippen LogP contribution in [0.4, 0.5) is 5.69 Å². The van der Waals surface area contributed by atoms with Crippen molar-refractivity contribution >= 4 is 5.69 Å². The molecule has 1 fully saturated rings. The van der Waals surface area contributed by atoms with E-state index in [2.05, 4.69) is 49.9 Å². The van der Waals surface area contributed by atoms with Crippen LogP contribution in [-0.2, 0) is 0 Å². The molecule has 2 heteroatoms. The van der Waals surface area contributed by atoms with Gasteiger partial charge in [-0.1, -0.05) is 18.2 Å². The molecule has 1 aliphatic rings. The van der Waals surface area contributed by atoms with Gasteiger partial charge >= 0.3 is 0 Å². The van der Waals surface area contributed by atoms with E-state index in [1.54, 1.807) is 0 Å². The van der Waals surface area contributed by atoms with Crippen LogP contribution in [0, 0.1) is 12.8 Å². The van der Waals surface area contributed by atoms with Crippen molar-refractivity contribution in [2.75, 3.05) is 18.1 Å². The monoisotopic (exact) mass is 247 g/mol. The molecule has 0 radical (unpaired) electrons. The number of benzene rings is 1. The minimum atomic E-state index is 0.220. The van der Waals surface area contributed by atoms with Crippen molar-refractivity contribution in [2.24, 2.45) is 5.92 Å². The minimum absolute atomic E-state index is 0.220. The number of nitrogens with zero attached hydrogens (tertiary/aromatic N) is 1. The number of hydrogen-bond donors (Lipinski definition) is 1. The van der Waals surface area contributed by atoms with E-state index in [1.807, 2.05) is 0 Å². The van der Waals surface area contributed by atoms with Crippen LogP contribution >= 0.6 is 0 Å². The van der Waals surface area contributed by atoms with Gasteiger partial charge in [-0.15, -0.1) is 0 Å². The second-order valence-electron chi connectivity index (χ2n) is 6.13. The van der Waals surface area contributed by atoms with Gasteiger partial charge in [0.2, 0.25) is 0 Å². The van der Waals surface area contributed by atoms with Crippen molar-refractivity contribution in [3.05, 3.63) is 29.8 Å². The molecule has 1 aliphatic heterocycles. The number of anilines is 1. The fraction of sp³-hybridized carbons (Fsp3) is 0.625. The van der Waals surface area contributed by atoms with Crippen molar-refractivity contribution in [3.8, 4) is 0 Å². The average molecular weight is 247 g/mol. The van der Waals surface area contributed by atoms with E-state index in [9.17, 15) is 0 Å².